The summed E-state index contributed by atoms with van der Waals surface area (Å²) in [7, 11) is 0. The maximum Gasteiger partial charge on any atom is 0.317 e. The molecule has 3 unspecified atom stereocenters. The second-order valence-corrected chi connectivity index (χ2v) is 8.11. The van der Waals surface area contributed by atoms with Gasteiger partial charge in [0.15, 0.2) is 0 Å². The Morgan fingerprint density at radius 2 is 1.26 bits per heavy atom. The summed E-state index contributed by atoms with van der Waals surface area (Å²) in [6.07, 6.45) is 2.98. The standard InChI is InChI=1S/C20H38N4O3/c1-3-18(2)19(25)16-23-8-4-6-22-11-10-21(12-14-23)7-5-9-24(15-13-22)17-20(26)27/h18H,3-17H2,1-2H3,(H,26,27). The minimum absolute atomic E-state index is 0.138. The number of nitrogens with zero attached hydrogens (tertiary/aromatic N) is 4. The molecule has 3 atom stereocenters. The molecule has 2 aliphatic heterocycles. The van der Waals surface area contributed by atoms with Crippen LogP contribution in [-0.2, 0) is 9.59 Å². The lowest BCUT2D eigenvalue weighted by Crippen LogP contribution is -2.48. The van der Waals surface area contributed by atoms with E-state index in [2.05, 4.69) is 26.5 Å². The van der Waals surface area contributed by atoms with Crippen molar-refractivity contribution in [2.75, 3.05) is 78.5 Å². The lowest BCUT2D eigenvalue weighted by molar-refractivity contribution is -0.138. The molecular weight excluding hydrogens is 344 g/mol. The van der Waals surface area contributed by atoms with E-state index in [1.165, 1.54) is 0 Å². The number of carbonyl (C=O) groups excluding carboxylic acids is 1. The van der Waals surface area contributed by atoms with Crippen molar-refractivity contribution in [3.8, 4) is 0 Å². The topological polar surface area (TPSA) is 67.3 Å². The SMILES string of the molecule is CCC(C)C(=O)CN1CCCN2CCN(CCCN(CC(=O)O)CC2)CC1. The van der Waals surface area contributed by atoms with Crippen LogP contribution in [0.4, 0.5) is 0 Å². The van der Waals surface area contributed by atoms with E-state index in [1.54, 1.807) is 0 Å². The Labute approximate surface area is 164 Å². The van der Waals surface area contributed by atoms with Crippen molar-refractivity contribution in [2.45, 2.75) is 33.1 Å². The Kier molecular flexibility index (Phi) is 9.68. The molecule has 27 heavy (non-hydrogen) atoms. The number of hydrogen-bond donors (Lipinski definition) is 1. The van der Waals surface area contributed by atoms with Crippen LogP contribution in [0.2, 0.25) is 0 Å². The molecule has 156 valence electrons. The molecule has 2 saturated heterocycles. The molecule has 7 nitrogen and oxygen atoms in total. The van der Waals surface area contributed by atoms with E-state index >= 15 is 0 Å². The van der Waals surface area contributed by atoms with Gasteiger partial charge in [0.05, 0.1) is 13.1 Å². The van der Waals surface area contributed by atoms with Gasteiger partial charge in [-0.3, -0.25) is 19.4 Å². The van der Waals surface area contributed by atoms with Crippen molar-refractivity contribution in [1.29, 1.82) is 0 Å². The number of aliphatic carboxylic acids is 1. The van der Waals surface area contributed by atoms with Crippen molar-refractivity contribution in [3.05, 3.63) is 0 Å². The Bertz CT molecular complexity index is 474. The fourth-order valence-electron chi connectivity index (χ4n) is 3.89. The summed E-state index contributed by atoms with van der Waals surface area (Å²) in [4.78, 5) is 32.8. The molecule has 0 aromatic heterocycles. The predicted molar refractivity (Wildman–Crippen MR) is 107 cm³/mol. The van der Waals surface area contributed by atoms with Crippen molar-refractivity contribution in [1.82, 2.24) is 19.6 Å². The fourth-order valence-corrected chi connectivity index (χ4v) is 3.89. The highest BCUT2D eigenvalue weighted by molar-refractivity contribution is 5.82. The smallest absolute Gasteiger partial charge is 0.317 e. The molecule has 1 N–H and O–H groups in total. The zero-order chi connectivity index (χ0) is 19.6. The van der Waals surface area contributed by atoms with Crippen LogP contribution in [0, 0.1) is 5.92 Å². The Morgan fingerprint density at radius 3 is 1.74 bits per heavy atom. The molecule has 2 aliphatic rings. The third-order valence-electron chi connectivity index (χ3n) is 6.00. The Morgan fingerprint density at radius 1 is 0.778 bits per heavy atom. The van der Waals surface area contributed by atoms with Crippen molar-refractivity contribution < 1.29 is 14.7 Å². The first-order valence-electron chi connectivity index (χ1n) is 10.6. The van der Waals surface area contributed by atoms with Crippen LogP contribution in [-0.4, -0.2) is 115 Å². The van der Waals surface area contributed by atoms with Gasteiger partial charge in [-0.25, -0.2) is 0 Å². The third-order valence-corrected chi connectivity index (χ3v) is 6.00. The van der Waals surface area contributed by atoms with Crippen LogP contribution in [0.15, 0.2) is 0 Å². The van der Waals surface area contributed by atoms with Gasteiger partial charge >= 0.3 is 5.97 Å². The van der Waals surface area contributed by atoms with Crippen molar-refractivity contribution in [3.63, 3.8) is 0 Å². The molecule has 0 spiro atoms. The fraction of sp³-hybridized carbons (Fsp3) is 0.900. The zero-order valence-corrected chi connectivity index (χ0v) is 17.2. The van der Waals surface area contributed by atoms with Crippen LogP contribution in [0.1, 0.15) is 33.1 Å². The second-order valence-electron chi connectivity index (χ2n) is 8.11. The molecule has 2 fully saturated rings. The first kappa shape index (κ1) is 22.3. The van der Waals surface area contributed by atoms with Gasteiger partial charge in [0.25, 0.3) is 0 Å². The van der Waals surface area contributed by atoms with Gasteiger partial charge in [-0.2, -0.15) is 0 Å². The lowest BCUT2D eigenvalue weighted by Gasteiger charge is -2.35. The number of ketones is 1. The highest BCUT2D eigenvalue weighted by atomic mass is 16.4. The molecule has 2 rings (SSSR count). The van der Waals surface area contributed by atoms with Gasteiger partial charge in [-0.15, -0.1) is 0 Å². The third kappa shape index (κ3) is 8.25. The predicted octanol–water partition coefficient (Wildman–Crippen LogP) is 0.702. The normalized spacial score (nSPS) is 27.8. The largest absolute Gasteiger partial charge is 0.480 e. The number of hydrogen-bond acceptors (Lipinski definition) is 6. The summed E-state index contributed by atoms with van der Waals surface area (Å²) in [5, 5.41) is 9.13. The van der Waals surface area contributed by atoms with E-state index in [4.69, 9.17) is 5.11 Å². The van der Waals surface area contributed by atoms with Gasteiger partial charge in [0.2, 0.25) is 0 Å². The average Bonchev–Trinajstić information content (AvgIpc) is 2.64. The minimum Gasteiger partial charge on any atom is -0.480 e. The molecule has 0 aliphatic carbocycles. The highest BCUT2D eigenvalue weighted by Crippen LogP contribution is 2.08. The summed E-state index contributed by atoms with van der Waals surface area (Å²) in [6.45, 7) is 14.4. The van der Waals surface area contributed by atoms with Gasteiger partial charge in [0.1, 0.15) is 5.78 Å². The van der Waals surface area contributed by atoms with Crippen molar-refractivity contribution >= 4 is 11.8 Å². The molecule has 2 heterocycles. The summed E-state index contributed by atoms with van der Waals surface area (Å²) < 4.78 is 0. The summed E-state index contributed by atoms with van der Waals surface area (Å²) in [6, 6.07) is 0. The molecule has 0 amide bonds. The number of carboxylic acid groups (broad SMARTS) is 1. The Balaban J connectivity index is 1.95. The van der Waals surface area contributed by atoms with Gasteiger partial charge < -0.3 is 14.9 Å². The lowest BCUT2D eigenvalue weighted by atomic mass is 10.0. The summed E-state index contributed by atoms with van der Waals surface area (Å²) in [5.41, 5.74) is 0. The van der Waals surface area contributed by atoms with Crippen LogP contribution in [0.25, 0.3) is 0 Å². The first-order chi connectivity index (χ1) is 13.0. The van der Waals surface area contributed by atoms with Gasteiger partial charge in [0, 0.05) is 51.7 Å². The molecule has 0 aromatic carbocycles. The van der Waals surface area contributed by atoms with E-state index in [1.807, 2.05) is 6.92 Å². The van der Waals surface area contributed by atoms with Crippen molar-refractivity contribution in [2.24, 2.45) is 5.92 Å². The molecule has 0 aromatic rings. The first-order valence-corrected chi connectivity index (χ1v) is 10.6. The van der Waals surface area contributed by atoms with E-state index in [0.29, 0.717) is 12.3 Å². The average molecular weight is 383 g/mol. The van der Waals surface area contributed by atoms with Gasteiger partial charge in [-0.1, -0.05) is 13.8 Å². The van der Waals surface area contributed by atoms with Gasteiger partial charge in [-0.05, 0) is 38.9 Å². The maximum absolute atomic E-state index is 12.4. The zero-order valence-electron chi connectivity index (χ0n) is 17.2. The second kappa shape index (κ2) is 11.7. The van der Waals surface area contributed by atoms with Crippen LogP contribution in [0.5, 0.6) is 0 Å². The van der Waals surface area contributed by atoms with Crippen LogP contribution >= 0.6 is 0 Å². The maximum atomic E-state index is 12.4. The van der Waals surface area contributed by atoms with E-state index in [9.17, 15) is 9.59 Å². The van der Waals surface area contributed by atoms with E-state index in [0.717, 1.165) is 84.7 Å². The van der Waals surface area contributed by atoms with E-state index < -0.39 is 5.97 Å². The molecule has 0 saturated carbocycles. The molecular formula is C20H38N4O3. The highest BCUT2D eigenvalue weighted by Gasteiger charge is 2.21. The number of carboxylic acids is 1. The van der Waals surface area contributed by atoms with Crippen LogP contribution < -0.4 is 0 Å². The summed E-state index contributed by atoms with van der Waals surface area (Å²) in [5.74, 6) is -0.222. The summed E-state index contributed by atoms with van der Waals surface area (Å²) >= 11 is 0. The van der Waals surface area contributed by atoms with Crippen LogP contribution in [0.3, 0.4) is 0 Å². The van der Waals surface area contributed by atoms with E-state index in [-0.39, 0.29) is 12.5 Å². The monoisotopic (exact) mass is 382 g/mol. The number of rotatable bonds is 6. The quantitative estimate of drug-likeness (QED) is 0.725. The minimum atomic E-state index is -0.738. The molecule has 0 radical (unpaired) electrons. The number of carbonyl (C=O) groups is 2. The Hall–Kier alpha value is -1.02. The molecule has 7 heteroatoms. The number of fused-ring (bicyclic) bond motifs is 3. The number of Topliss-reactive ketones (excluding diaryl/α,β-unsaturated/α-hetero) is 1. The molecule has 2 bridgehead atoms.